The lowest BCUT2D eigenvalue weighted by Crippen LogP contribution is -2.45. The minimum atomic E-state index is -0.311. The number of nitrogens with one attached hydrogen (secondary N) is 1. The minimum Gasteiger partial charge on any atom is -0.284 e. The van der Waals surface area contributed by atoms with Gasteiger partial charge < -0.3 is 0 Å². The van der Waals surface area contributed by atoms with Crippen molar-refractivity contribution >= 4 is 40.5 Å². The summed E-state index contributed by atoms with van der Waals surface area (Å²) in [6.07, 6.45) is 3.77. The first-order valence-electron chi connectivity index (χ1n) is 11.0. The van der Waals surface area contributed by atoms with E-state index in [1.165, 1.54) is 31.4 Å². The maximum absolute atomic E-state index is 13.6. The lowest BCUT2D eigenvalue weighted by atomic mass is 9.91. The summed E-state index contributed by atoms with van der Waals surface area (Å²) in [5, 5.41) is 9.47. The summed E-state index contributed by atoms with van der Waals surface area (Å²) in [7, 11) is 0. The third kappa shape index (κ3) is 4.00. The van der Waals surface area contributed by atoms with Gasteiger partial charge in [0, 0.05) is 24.0 Å². The Kier molecular flexibility index (Phi) is 5.86. The number of hydrogen-bond donors (Lipinski definition) is 1. The number of rotatable bonds is 4. The molecule has 0 aromatic heterocycles. The molecule has 1 aliphatic carbocycles. The fraction of sp³-hybridized carbons (Fsp3) is 0.417. The number of amides is 1. The third-order valence-corrected chi connectivity index (χ3v) is 7.51. The SMILES string of the molecule is C[C@H]1C(C(=O)NN2CC3CCCC3C2)=NN(c2ccc(Cl)cc2Cl)[C@H]1c1ccc(F)cc1. The van der Waals surface area contributed by atoms with Gasteiger partial charge in [-0.05, 0) is 60.6 Å². The van der Waals surface area contributed by atoms with Crippen molar-refractivity contribution in [2.24, 2.45) is 22.9 Å². The van der Waals surface area contributed by atoms with Crippen molar-refractivity contribution in [3.05, 3.63) is 63.9 Å². The van der Waals surface area contributed by atoms with E-state index in [-0.39, 0.29) is 23.7 Å². The standard InChI is InChI=1S/C24H25Cl2FN4O/c1-14-22(24(32)29-30-12-16-3-2-4-17(16)13-30)28-31(21-10-7-18(25)11-20(21)26)23(14)15-5-8-19(27)9-6-15/h5-11,14,16-17,23H,2-4,12-13H2,1H3,(H,29,32)/t14-,16?,17?,23+/m0/s1. The summed E-state index contributed by atoms with van der Waals surface area (Å²) in [5.41, 5.74) is 5.02. The fourth-order valence-electron chi connectivity index (χ4n) is 5.37. The highest BCUT2D eigenvalue weighted by Gasteiger charge is 2.42. The van der Waals surface area contributed by atoms with Crippen LogP contribution < -0.4 is 10.4 Å². The number of benzene rings is 2. The summed E-state index contributed by atoms with van der Waals surface area (Å²) in [6, 6.07) is 11.2. The Labute approximate surface area is 197 Å². The molecule has 2 fully saturated rings. The zero-order valence-corrected chi connectivity index (χ0v) is 19.3. The molecule has 2 aliphatic heterocycles. The van der Waals surface area contributed by atoms with E-state index in [1.54, 1.807) is 35.3 Å². The predicted molar refractivity (Wildman–Crippen MR) is 125 cm³/mol. The van der Waals surface area contributed by atoms with Crippen molar-refractivity contribution < 1.29 is 9.18 Å². The Bertz CT molecular complexity index is 1050. The van der Waals surface area contributed by atoms with Crippen LogP contribution >= 0.6 is 23.2 Å². The molecule has 5 nitrogen and oxygen atoms in total. The number of hydrazone groups is 1. The first-order chi connectivity index (χ1) is 15.4. The minimum absolute atomic E-state index is 0.197. The number of hydrazine groups is 1. The van der Waals surface area contributed by atoms with Gasteiger partial charge in [0.2, 0.25) is 0 Å². The summed E-state index contributed by atoms with van der Waals surface area (Å²) in [6.45, 7) is 3.76. The quantitative estimate of drug-likeness (QED) is 0.640. The Balaban J connectivity index is 1.44. The molecule has 1 saturated heterocycles. The number of carbonyl (C=O) groups is 1. The molecule has 2 aromatic carbocycles. The van der Waals surface area contributed by atoms with Crippen LogP contribution in [0.2, 0.25) is 10.0 Å². The number of anilines is 1. The molecular weight excluding hydrogens is 450 g/mol. The molecule has 168 valence electrons. The van der Waals surface area contributed by atoms with E-state index >= 15 is 0 Å². The molecule has 1 amide bonds. The topological polar surface area (TPSA) is 47.9 Å². The molecule has 0 radical (unpaired) electrons. The van der Waals surface area contributed by atoms with Gasteiger partial charge in [-0.25, -0.2) is 9.40 Å². The molecule has 2 aromatic rings. The first kappa shape index (κ1) is 21.7. The van der Waals surface area contributed by atoms with Gasteiger partial charge in [0.15, 0.2) is 0 Å². The van der Waals surface area contributed by atoms with Gasteiger partial charge in [-0.1, -0.05) is 48.7 Å². The molecular formula is C24H25Cl2FN4O. The van der Waals surface area contributed by atoms with Crippen molar-refractivity contribution in [2.45, 2.75) is 32.2 Å². The van der Waals surface area contributed by atoms with E-state index in [9.17, 15) is 9.18 Å². The predicted octanol–water partition coefficient (Wildman–Crippen LogP) is 5.45. The first-order valence-corrected chi connectivity index (χ1v) is 11.8. The van der Waals surface area contributed by atoms with Crippen molar-refractivity contribution in [1.82, 2.24) is 10.4 Å². The molecule has 0 spiro atoms. The van der Waals surface area contributed by atoms with Crippen molar-refractivity contribution in [2.75, 3.05) is 18.1 Å². The molecule has 0 bridgehead atoms. The normalized spacial score (nSPS) is 27.5. The highest BCUT2D eigenvalue weighted by molar-refractivity contribution is 6.41. The second-order valence-corrected chi connectivity index (χ2v) is 9.85. The van der Waals surface area contributed by atoms with E-state index in [4.69, 9.17) is 28.3 Å². The van der Waals surface area contributed by atoms with Gasteiger partial charge in [0.05, 0.1) is 16.8 Å². The molecule has 32 heavy (non-hydrogen) atoms. The maximum atomic E-state index is 13.6. The molecule has 2 heterocycles. The average Bonchev–Trinajstić information content (AvgIpc) is 3.42. The Morgan fingerprint density at radius 3 is 2.44 bits per heavy atom. The number of hydrogen-bond acceptors (Lipinski definition) is 4. The molecule has 1 N–H and O–H groups in total. The monoisotopic (exact) mass is 474 g/mol. The molecule has 4 atom stereocenters. The smallest absolute Gasteiger partial charge is 0.282 e. The second kappa shape index (κ2) is 8.65. The largest absolute Gasteiger partial charge is 0.284 e. The zero-order valence-electron chi connectivity index (χ0n) is 17.8. The van der Waals surface area contributed by atoms with E-state index in [1.807, 2.05) is 11.9 Å². The van der Waals surface area contributed by atoms with Crippen LogP contribution in [-0.4, -0.2) is 29.7 Å². The number of fused-ring (bicyclic) bond motifs is 1. The molecule has 8 heteroatoms. The zero-order chi connectivity index (χ0) is 22.4. The van der Waals surface area contributed by atoms with E-state index in [0.29, 0.717) is 33.3 Å². The van der Waals surface area contributed by atoms with Crippen LogP contribution in [0.5, 0.6) is 0 Å². The summed E-state index contributed by atoms with van der Waals surface area (Å²) >= 11 is 12.6. The van der Waals surface area contributed by atoms with Gasteiger partial charge in [0.25, 0.3) is 5.91 Å². The van der Waals surface area contributed by atoms with Crippen LogP contribution in [0.4, 0.5) is 10.1 Å². The van der Waals surface area contributed by atoms with Crippen LogP contribution in [0.3, 0.4) is 0 Å². The lowest BCUT2D eigenvalue weighted by molar-refractivity contribution is -0.119. The average molecular weight is 475 g/mol. The third-order valence-electron chi connectivity index (χ3n) is 6.97. The van der Waals surface area contributed by atoms with E-state index in [0.717, 1.165) is 18.7 Å². The van der Waals surface area contributed by atoms with Gasteiger partial charge in [-0.15, -0.1) is 0 Å². The van der Waals surface area contributed by atoms with Crippen molar-refractivity contribution in [1.29, 1.82) is 0 Å². The van der Waals surface area contributed by atoms with Crippen LogP contribution in [-0.2, 0) is 4.79 Å². The number of nitrogens with zero attached hydrogens (tertiary/aromatic N) is 3. The Morgan fingerprint density at radius 2 is 1.78 bits per heavy atom. The fourth-order valence-corrected chi connectivity index (χ4v) is 5.87. The number of carbonyl (C=O) groups excluding carboxylic acids is 1. The van der Waals surface area contributed by atoms with Crippen LogP contribution in [0.25, 0.3) is 0 Å². The summed E-state index contributed by atoms with van der Waals surface area (Å²) in [5.74, 6) is 0.615. The molecule has 2 unspecified atom stereocenters. The molecule has 5 rings (SSSR count). The van der Waals surface area contributed by atoms with Gasteiger partial charge in [-0.2, -0.15) is 5.10 Å². The van der Waals surface area contributed by atoms with Crippen LogP contribution in [0, 0.1) is 23.6 Å². The molecule has 3 aliphatic rings. The van der Waals surface area contributed by atoms with Gasteiger partial charge in [0.1, 0.15) is 11.5 Å². The molecule has 1 saturated carbocycles. The second-order valence-electron chi connectivity index (χ2n) is 9.01. The summed E-state index contributed by atoms with van der Waals surface area (Å²) < 4.78 is 13.6. The van der Waals surface area contributed by atoms with Gasteiger partial charge >= 0.3 is 0 Å². The Morgan fingerprint density at radius 1 is 1.09 bits per heavy atom. The van der Waals surface area contributed by atoms with Crippen molar-refractivity contribution in [3.8, 4) is 0 Å². The van der Waals surface area contributed by atoms with Gasteiger partial charge in [-0.3, -0.25) is 15.2 Å². The summed E-state index contributed by atoms with van der Waals surface area (Å²) in [4.78, 5) is 13.3. The maximum Gasteiger partial charge on any atom is 0.282 e. The van der Waals surface area contributed by atoms with Crippen LogP contribution in [0.15, 0.2) is 47.6 Å². The lowest BCUT2D eigenvalue weighted by Gasteiger charge is -2.27. The highest BCUT2D eigenvalue weighted by atomic mass is 35.5. The van der Waals surface area contributed by atoms with Crippen LogP contribution in [0.1, 0.15) is 37.8 Å². The van der Waals surface area contributed by atoms with Crippen molar-refractivity contribution in [3.63, 3.8) is 0 Å². The number of halogens is 3. The van der Waals surface area contributed by atoms with E-state index in [2.05, 4.69) is 5.43 Å². The van der Waals surface area contributed by atoms with E-state index < -0.39 is 0 Å². The highest BCUT2D eigenvalue weighted by Crippen LogP contribution is 2.42. The Hall–Kier alpha value is -2.15.